The molecule has 0 aliphatic rings. The van der Waals surface area contributed by atoms with Gasteiger partial charge in [-0.2, -0.15) is 0 Å². The minimum atomic E-state index is 0.0323. The van der Waals surface area contributed by atoms with Crippen molar-refractivity contribution in [2.45, 2.75) is 181 Å². The van der Waals surface area contributed by atoms with E-state index in [0.29, 0.717) is 13.0 Å². The van der Waals surface area contributed by atoms with Crippen LogP contribution in [-0.2, 0) is 9.53 Å². The van der Waals surface area contributed by atoms with Crippen molar-refractivity contribution in [2.24, 2.45) is 5.92 Å². The molecule has 0 amide bonds. The Morgan fingerprint density at radius 3 is 1.36 bits per heavy atom. The Labute approximate surface area is 209 Å². The zero-order valence-corrected chi connectivity index (χ0v) is 23.3. The summed E-state index contributed by atoms with van der Waals surface area (Å²) in [5, 5.41) is 0. The van der Waals surface area contributed by atoms with Gasteiger partial charge in [0.05, 0.1) is 6.61 Å². The number of unbranched alkanes of at least 4 members (excludes halogenated alkanes) is 18. The SMILES string of the molecule is CCCCCCCCCCCCCCCCCC(=O)OCCC(CCCC)CCCCCC. The van der Waals surface area contributed by atoms with Crippen molar-refractivity contribution < 1.29 is 9.53 Å². The van der Waals surface area contributed by atoms with E-state index < -0.39 is 0 Å². The van der Waals surface area contributed by atoms with Gasteiger partial charge in [0, 0.05) is 6.42 Å². The molecule has 2 heteroatoms. The Morgan fingerprint density at radius 2 is 0.879 bits per heavy atom. The maximum absolute atomic E-state index is 12.0. The van der Waals surface area contributed by atoms with Gasteiger partial charge in [0.1, 0.15) is 0 Å². The lowest BCUT2D eigenvalue weighted by atomic mass is 9.92. The molecule has 0 saturated heterocycles. The maximum Gasteiger partial charge on any atom is 0.305 e. The summed E-state index contributed by atoms with van der Waals surface area (Å²) in [6.45, 7) is 7.47. The van der Waals surface area contributed by atoms with Gasteiger partial charge in [-0.25, -0.2) is 0 Å². The molecule has 2 nitrogen and oxygen atoms in total. The minimum Gasteiger partial charge on any atom is -0.466 e. The summed E-state index contributed by atoms with van der Waals surface area (Å²) in [5.41, 5.74) is 0. The van der Waals surface area contributed by atoms with Crippen LogP contribution in [0.25, 0.3) is 0 Å². The molecule has 0 rings (SSSR count). The van der Waals surface area contributed by atoms with E-state index in [0.717, 1.165) is 18.8 Å². The van der Waals surface area contributed by atoms with E-state index in [-0.39, 0.29) is 5.97 Å². The normalized spacial score (nSPS) is 12.2. The molecule has 0 N–H and O–H groups in total. The average Bonchev–Trinajstić information content (AvgIpc) is 2.82. The highest BCUT2D eigenvalue weighted by Gasteiger charge is 2.10. The molecule has 0 aliphatic carbocycles. The lowest BCUT2D eigenvalue weighted by molar-refractivity contribution is -0.144. The van der Waals surface area contributed by atoms with E-state index in [9.17, 15) is 4.79 Å². The van der Waals surface area contributed by atoms with Gasteiger partial charge in [0.25, 0.3) is 0 Å². The summed E-state index contributed by atoms with van der Waals surface area (Å²) in [6, 6.07) is 0. The van der Waals surface area contributed by atoms with Crippen LogP contribution in [0.5, 0.6) is 0 Å². The zero-order chi connectivity index (χ0) is 24.2. The third-order valence-electron chi connectivity index (χ3n) is 7.21. The van der Waals surface area contributed by atoms with Gasteiger partial charge in [0.15, 0.2) is 0 Å². The standard InChI is InChI=1S/C31H62O2/c1-4-7-10-12-13-14-15-16-17-18-19-20-21-22-24-27-31(32)33-29-28-30(25-9-6-3)26-23-11-8-5-2/h30H,4-29H2,1-3H3. The van der Waals surface area contributed by atoms with Crippen LogP contribution < -0.4 is 0 Å². The first-order valence-corrected chi connectivity index (χ1v) is 15.4. The summed E-state index contributed by atoms with van der Waals surface area (Å²) in [4.78, 5) is 12.0. The summed E-state index contributed by atoms with van der Waals surface area (Å²) in [5.74, 6) is 0.783. The Hall–Kier alpha value is -0.530. The first-order chi connectivity index (χ1) is 16.2. The van der Waals surface area contributed by atoms with E-state index in [1.807, 2.05) is 0 Å². The van der Waals surface area contributed by atoms with Gasteiger partial charge < -0.3 is 4.74 Å². The van der Waals surface area contributed by atoms with Crippen LogP contribution in [0.2, 0.25) is 0 Å². The number of esters is 1. The Kier molecular flexibility index (Phi) is 27.3. The molecule has 0 fully saturated rings. The van der Waals surface area contributed by atoms with Crippen LogP contribution in [-0.4, -0.2) is 12.6 Å². The van der Waals surface area contributed by atoms with E-state index in [4.69, 9.17) is 4.74 Å². The third kappa shape index (κ3) is 25.9. The van der Waals surface area contributed by atoms with Crippen LogP contribution in [0, 0.1) is 5.92 Å². The van der Waals surface area contributed by atoms with Crippen molar-refractivity contribution in [3.05, 3.63) is 0 Å². The molecule has 0 aromatic carbocycles. The van der Waals surface area contributed by atoms with Crippen molar-refractivity contribution in [3.8, 4) is 0 Å². The molecule has 33 heavy (non-hydrogen) atoms. The zero-order valence-electron chi connectivity index (χ0n) is 23.3. The molecule has 0 saturated carbocycles. The number of ether oxygens (including phenoxy) is 1. The molecule has 0 spiro atoms. The summed E-state index contributed by atoms with van der Waals surface area (Å²) >= 11 is 0. The second-order valence-corrected chi connectivity index (χ2v) is 10.6. The number of carbonyl (C=O) groups excluding carboxylic acids is 1. The number of rotatable bonds is 27. The van der Waals surface area contributed by atoms with Crippen molar-refractivity contribution in [1.82, 2.24) is 0 Å². The highest BCUT2D eigenvalue weighted by molar-refractivity contribution is 5.69. The molecule has 1 unspecified atom stereocenters. The minimum absolute atomic E-state index is 0.0323. The fourth-order valence-corrected chi connectivity index (χ4v) is 4.84. The quantitative estimate of drug-likeness (QED) is 0.0888. The molecule has 0 aliphatic heterocycles. The smallest absolute Gasteiger partial charge is 0.305 e. The lowest BCUT2D eigenvalue weighted by Gasteiger charge is -2.16. The third-order valence-corrected chi connectivity index (χ3v) is 7.21. The van der Waals surface area contributed by atoms with Gasteiger partial charge in [-0.3, -0.25) is 4.79 Å². The predicted octanol–water partition coefficient (Wildman–Crippen LogP) is 11.0. The van der Waals surface area contributed by atoms with Crippen molar-refractivity contribution >= 4 is 5.97 Å². The molecular formula is C31H62O2. The van der Waals surface area contributed by atoms with Gasteiger partial charge in [-0.15, -0.1) is 0 Å². The summed E-state index contributed by atoms with van der Waals surface area (Å²) in [6.07, 6.45) is 32.6. The van der Waals surface area contributed by atoms with Gasteiger partial charge in [-0.1, -0.05) is 162 Å². The number of carbonyl (C=O) groups is 1. The first kappa shape index (κ1) is 32.5. The van der Waals surface area contributed by atoms with Crippen LogP contribution in [0.1, 0.15) is 181 Å². The van der Waals surface area contributed by atoms with Crippen molar-refractivity contribution in [1.29, 1.82) is 0 Å². The second-order valence-electron chi connectivity index (χ2n) is 10.6. The highest BCUT2D eigenvalue weighted by atomic mass is 16.5. The molecular weight excluding hydrogens is 404 g/mol. The molecule has 0 bridgehead atoms. The van der Waals surface area contributed by atoms with Crippen LogP contribution in [0.3, 0.4) is 0 Å². The molecule has 0 aromatic rings. The van der Waals surface area contributed by atoms with Crippen molar-refractivity contribution in [2.75, 3.05) is 6.61 Å². The van der Waals surface area contributed by atoms with Crippen molar-refractivity contribution in [3.63, 3.8) is 0 Å². The van der Waals surface area contributed by atoms with Gasteiger partial charge >= 0.3 is 5.97 Å². The number of hydrogen-bond donors (Lipinski definition) is 0. The monoisotopic (exact) mass is 466 g/mol. The topological polar surface area (TPSA) is 26.3 Å². The predicted molar refractivity (Wildman–Crippen MR) is 147 cm³/mol. The van der Waals surface area contributed by atoms with Crippen LogP contribution in [0.4, 0.5) is 0 Å². The summed E-state index contributed by atoms with van der Waals surface area (Å²) in [7, 11) is 0. The molecule has 1 atom stereocenters. The molecule has 0 aromatic heterocycles. The van der Waals surface area contributed by atoms with Crippen LogP contribution in [0.15, 0.2) is 0 Å². The maximum atomic E-state index is 12.0. The molecule has 198 valence electrons. The fraction of sp³-hybridized carbons (Fsp3) is 0.968. The molecule has 0 radical (unpaired) electrons. The Bertz CT molecular complexity index is 379. The summed E-state index contributed by atoms with van der Waals surface area (Å²) < 4.78 is 5.56. The Balaban J connectivity index is 3.46. The largest absolute Gasteiger partial charge is 0.466 e. The average molecular weight is 467 g/mol. The van der Waals surface area contributed by atoms with E-state index in [1.165, 1.54) is 141 Å². The fourth-order valence-electron chi connectivity index (χ4n) is 4.84. The van der Waals surface area contributed by atoms with E-state index in [1.54, 1.807) is 0 Å². The highest BCUT2D eigenvalue weighted by Crippen LogP contribution is 2.21. The van der Waals surface area contributed by atoms with Gasteiger partial charge in [0.2, 0.25) is 0 Å². The second kappa shape index (κ2) is 27.7. The lowest BCUT2D eigenvalue weighted by Crippen LogP contribution is -2.10. The van der Waals surface area contributed by atoms with Gasteiger partial charge in [-0.05, 0) is 18.8 Å². The Morgan fingerprint density at radius 1 is 0.485 bits per heavy atom. The van der Waals surface area contributed by atoms with Crippen LogP contribution >= 0.6 is 0 Å². The van der Waals surface area contributed by atoms with E-state index >= 15 is 0 Å². The first-order valence-electron chi connectivity index (χ1n) is 15.4. The number of hydrogen-bond acceptors (Lipinski definition) is 2. The molecule has 0 heterocycles. The van der Waals surface area contributed by atoms with E-state index in [2.05, 4.69) is 20.8 Å².